The van der Waals surface area contributed by atoms with Crippen LogP contribution in [0.2, 0.25) is 5.02 Å². The van der Waals surface area contributed by atoms with E-state index in [4.69, 9.17) is 11.6 Å². The lowest BCUT2D eigenvalue weighted by Crippen LogP contribution is -2.27. The molecule has 138 valence electrons. The van der Waals surface area contributed by atoms with Crippen LogP contribution >= 0.6 is 11.6 Å². The van der Waals surface area contributed by atoms with E-state index in [1.165, 1.54) is 6.07 Å². The molecule has 0 bridgehead atoms. The standard InChI is InChI=1S/C21H19ClFN3O/c1-13-10-14(2)26(25-13)19-7-6-17(12-18(19)23)24-20(27)21(8-9-21)15-4-3-5-16(22)11-15/h3-7,10-12H,8-9H2,1-2H3,(H,24,27). The lowest BCUT2D eigenvalue weighted by molar-refractivity contribution is -0.118. The summed E-state index contributed by atoms with van der Waals surface area (Å²) in [7, 11) is 0. The van der Waals surface area contributed by atoms with Gasteiger partial charge < -0.3 is 5.32 Å². The molecule has 0 aliphatic heterocycles. The Morgan fingerprint density at radius 2 is 1.96 bits per heavy atom. The van der Waals surface area contributed by atoms with Gasteiger partial charge in [0, 0.05) is 16.4 Å². The van der Waals surface area contributed by atoms with Crippen molar-refractivity contribution in [2.24, 2.45) is 0 Å². The molecule has 1 N–H and O–H groups in total. The fraction of sp³-hybridized carbons (Fsp3) is 0.238. The van der Waals surface area contributed by atoms with E-state index in [0.29, 0.717) is 16.4 Å². The van der Waals surface area contributed by atoms with Crippen molar-refractivity contribution in [2.75, 3.05) is 5.32 Å². The largest absolute Gasteiger partial charge is 0.325 e. The van der Waals surface area contributed by atoms with E-state index < -0.39 is 11.2 Å². The van der Waals surface area contributed by atoms with E-state index in [9.17, 15) is 9.18 Å². The van der Waals surface area contributed by atoms with Crippen molar-refractivity contribution >= 4 is 23.2 Å². The molecule has 0 saturated heterocycles. The molecular weight excluding hydrogens is 365 g/mol. The third-order valence-corrected chi connectivity index (χ3v) is 5.24. The summed E-state index contributed by atoms with van der Waals surface area (Å²) in [5, 5.41) is 7.76. The summed E-state index contributed by atoms with van der Waals surface area (Å²) < 4.78 is 16.2. The van der Waals surface area contributed by atoms with Crippen LogP contribution in [-0.4, -0.2) is 15.7 Å². The Hall–Kier alpha value is -2.66. The van der Waals surface area contributed by atoms with E-state index in [-0.39, 0.29) is 5.91 Å². The number of halogens is 2. The van der Waals surface area contributed by atoms with Gasteiger partial charge in [0.25, 0.3) is 0 Å². The molecule has 27 heavy (non-hydrogen) atoms. The molecule has 3 aromatic rings. The van der Waals surface area contributed by atoms with E-state index in [0.717, 1.165) is 29.8 Å². The van der Waals surface area contributed by atoms with Crippen LogP contribution in [-0.2, 0) is 10.2 Å². The number of hydrogen-bond acceptors (Lipinski definition) is 2. The highest BCUT2D eigenvalue weighted by Gasteiger charge is 2.51. The summed E-state index contributed by atoms with van der Waals surface area (Å²) in [6, 6.07) is 13.9. The highest BCUT2D eigenvalue weighted by atomic mass is 35.5. The Bertz CT molecular complexity index is 1040. The molecule has 4 rings (SSSR count). The lowest BCUT2D eigenvalue weighted by atomic mass is 9.95. The van der Waals surface area contributed by atoms with E-state index in [1.807, 2.05) is 38.1 Å². The first-order valence-electron chi connectivity index (χ1n) is 8.80. The zero-order valence-corrected chi connectivity index (χ0v) is 15.8. The molecule has 0 radical (unpaired) electrons. The number of aryl methyl sites for hydroxylation is 2. The molecule has 6 heteroatoms. The van der Waals surface area contributed by atoms with Crippen LogP contribution < -0.4 is 5.32 Å². The van der Waals surface area contributed by atoms with Crippen molar-refractivity contribution in [1.29, 1.82) is 0 Å². The lowest BCUT2D eigenvalue weighted by Gasteiger charge is -2.16. The molecule has 0 atom stereocenters. The molecule has 0 spiro atoms. The van der Waals surface area contributed by atoms with Crippen LogP contribution in [0.15, 0.2) is 48.5 Å². The average molecular weight is 384 g/mol. The molecule has 1 fully saturated rings. The number of aromatic nitrogens is 2. The number of rotatable bonds is 4. The quantitative estimate of drug-likeness (QED) is 0.692. The van der Waals surface area contributed by atoms with Crippen molar-refractivity contribution in [3.8, 4) is 5.69 Å². The van der Waals surface area contributed by atoms with Gasteiger partial charge in [-0.2, -0.15) is 5.10 Å². The van der Waals surface area contributed by atoms with Crippen molar-refractivity contribution in [3.63, 3.8) is 0 Å². The molecule has 1 saturated carbocycles. The Balaban J connectivity index is 1.57. The summed E-state index contributed by atoms with van der Waals surface area (Å²) >= 11 is 6.06. The van der Waals surface area contributed by atoms with Crippen LogP contribution in [0.4, 0.5) is 10.1 Å². The predicted molar refractivity (Wildman–Crippen MR) is 104 cm³/mol. The van der Waals surface area contributed by atoms with Gasteiger partial charge >= 0.3 is 0 Å². The van der Waals surface area contributed by atoms with Gasteiger partial charge in [0.15, 0.2) is 5.82 Å². The summed E-state index contributed by atoms with van der Waals surface area (Å²) in [6.07, 6.45) is 1.51. The number of nitrogens with one attached hydrogen (secondary N) is 1. The second kappa shape index (κ2) is 6.50. The zero-order valence-electron chi connectivity index (χ0n) is 15.1. The maximum absolute atomic E-state index is 14.6. The predicted octanol–water partition coefficient (Wildman–Crippen LogP) is 4.95. The second-order valence-electron chi connectivity index (χ2n) is 7.05. The Morgan fingerprint density at radius 3 is 2.56 bits per heavy atom. The van der Waals surface area contributed by atoms with Gasteiger partial charge in [-0.1, -0.05) is 23.7 Å². The van der Waals surface area contributed by atoms with Crippen LogP contribution in [0.1, 0.15) is 29.8 Å². The topological polar surface area (TPSA) is 46.9 Å². The zero-order chi connectivity index (χ0) is 19.2. The van der Waals surface area contributed by atoms with Crippen LogP contribution in [0, 0.1) is 19.7 Å². The maximum atomic E-state index is 14.6. The number of nitrogens with zero attached hydrogens (tertiary/aromatic N) is 2. The third-order valence-electron chi connectivity index (χ3n) is 5.01. The minimum Gasteiger partial charge on any atom is -0.325 e. The van der Waals surface area contributed by atoms with E-state index in [1.54, 1.807) is 22.9 Å². The van der Waals surface area contributed by atoms with E-state index in [2.05, 4.69) is 10.4 Å². The molecule has 1 aliphatic carbocycles. The Kier molecular flexibility index (Phi) is 4.27. The first kappa shape index (κ1) is 17.7. The molecule has 0 unspecified atom stereocenters. The molecule has 1 aliphatic rings. The van der Waals surface area contributed by atoms with Crippen molar-refractivity contribution in [2.45, 2.75) is 32.1 Å². The maximum Gasteiger partial charge on any atom is 0.235 e. The van der Waals surface area contributed by atoms with Gasteiger partial charge in [-0.05, 0) is 68.7 Å². The van der Waals surface area contributed by atoms with Crippen molar-refractivity contribution in [3.05, 3.63) is 76.3 Å². The number of benzene rings is 2. The van der Waals surface area contributed by atoms with Gasteiger partial charge in [0.05, 0.1) is 11.1 Å². The minimum atomic E-state index is -0.574. The number of amides is 1. The fourth-order valence-electron chi connectivity index (χ4n) is 3.44. The number of carbonyl (C=O) groups is 1. The Labute approximate surface area is 162 Å². The summed E-state index contributed by atoms with van der Waals surface area (Å²) in [5.74, 6) is -0.574. The normalized spacial score (nSPS) is 14.8. The molecular formula is C21H19ClFN3O. The molecule has 4 nitrogen and oxygen atoms in total. The second-order valence-corrected chi connectivity index (χ2v) is 7.49. The van der Waals surface area contributed by atoms with Crippen LogP contribution in [0.25, 0.3) is 5.69 Å². The van der Waals surface area contributed by atoms with Gasteiger partial charge in [0.1, 0.15) is 5.69 Å². The third kappa shape index (κ3) is 3.23. The summed E-state index contributed by atoms with van der Waals surface area (Å²) in [6.45, 7) is 3.73. The van der Waals surface area contributed by atoms with Gasteiger partial charge in [-0.15, -0.1) is 0 Å². The number of anilines is 1. The first-order chi connectivity index (χ1) is 12.9. The van der Waals surface area contributed by atoms with Crippen molar-refractivity contribution < 1.29 is 9.18 Å². The highest BCUT2D eigenvalue weighted by Crippen LogP contribution is 2.49. The highest BCUT2D eigenvalue weighted by molar-refractivity contribution is 6.30. The average Bonchev–Trinajstić information content (AvgIpc) is 3.36. The molecule has 1 amide bonds. The monoisotopic (exact) mass is 383 g/mol. The SMILES string of the molecule is Cc1cc(C)n(-c2ccc(NC(=O)C3(c4cccc(Cl)c4)CC3)cc2F)n1. The van der Waals surface area contributed by atoms with Crippen molar-refractivity contribution in [1.82, 2.24) is 9.78 Å². The Morgan fingerprint density at radius 1 is 1.19 bits per heavy atom. The summed E-state index contributed by atoms with van der Waals surface area (Å²) in [5.41, 5.74) is 2.77. The van der Waals surface area contributed by atoms with Gasteiger partial charge in [-0.3, -0.25) is 4.79 Å². The smallest absolute Gasteiger partial charge is 0.235 e. The molecule has 2 aromatic carbocycles. The fourth-order valence-corrected chi connectivity index (χ4v) is 3.63. The first-order valence-corrected chi connectivity index (χ1v) is 9.17. The van der Waals surface area contributed by atoms with Gasteiger partial charge in [0.2, 0.25) is 5.91 Å². The molecule has 1 aromatic heterocycles. The summed E-state index contributed by atoms with van der Waals surface area (Å²) in [4.78, 5) is 12.8. The number of hydrogen-bond donors (Lipinski definition) is 1. The van der Waals surface area contributed by atoms with Crippen LogP contribution in [0.3, 0.4) is 0 Å². The minimum absolute atomic E-state index is 0.136. The number of carbonyl (C=O) groups excluding carboxylic acids is 1. The van der Waals surface area contributed by atoms with E-state index >= 15 is 0 Å². The van der Waals surface area contributed by atoms with Crippen LogP contribution in [0.5, 0.6) is 0 Å². The van der Waals surface area contributed by atoms with Gasteiger partial charge in [-0.25, -0.2) is 9.07 Å². The molecule has 1 heterocycles.